The van der Waals surface area contributed by atoms with E-state index in [1.807, 2.05) is 13.0 Å². The molecule has 0 heterocycles. The standard InChI is InChI=1S/C29H35ClN2O3S/c1-4-6-10-23(5-2)20-31-29(33)25-16-14-24(15-17-25)21-32(28-19-26(30)18-13-22(28)3)36(34,35)27-11-8-7-9-12-27/h7-9,11-19,23H,4-6,10,20-21H2,1-3H3,(H,31,33)/t23-/m0/s1. The number of amides is 1. The van der Waals surface area contributed by atoms with Crippen LogP contribution in [0.3, 0.4) is 0 Å². The van der Waals surface area contributed by atoms with Crippen LogP contribution in [0.5, 0.6) is 0 Å². The molecule has 3 rings (SSSR count). The van der Waals surface area contributed by atoms with Crippen LogP contribution in [0.1, 0.15) is 61.0 Å². The number of halogens is 1. The second kappa shape index (κ2) is 12.9. The van der Waals surface area contributed by atoms with Gasteiger partial charge in [0.1, 0.15) is 0 Å². The topological polar surface area (TPSA) is 66.5 Å². The Bertz CT molecular complexity index is 1250. The molecule has 1 N–H and O–H groups in total. The number of benzene rings is 3. The zero-order chi connectivity index (χ0) is 26.1. The van der Waals surface area contributed by atoms with Crippen LogP contribution in [0.2, 0.25) is 5.02 Å². The summed E-state index contributed by atoms with van der Waals surface area (Å²) in [5.74, 6) is 0.363. The molecule has 0 fully saturated rings. The molecule has 3 aromatic rings. The van der Waals surface area contributed by atoms with Gasteiger partial charge in [0.2, 0.25) is 0 Å². The van der Waals surface area contributed by atoms with E-state index in [9.17, 15) is 13.2 Å². The summed E-state index contributed by atoms with van der Waals surface area (Å²) in [7, 11) is -3.85. The Morgan fingerprint density at radius 3 is 2.33 bits per heavy atom. The van der Waals surface area contributed by atoms with E-state index in [4.69, 9.17) is 11.6 Å². The smallest absolute Gasteiger partial charge is 0.264 e. The van der Waals surface area contributed by atoms with Crippen LogP contribution < -0.4 is 9.62 Å². The molecule has 0 bridgehead atoms. The Morgan fingerprint density at radius 1 is 1.00 bits per heavy atom. The Hall–Kier alpha value is -2.83. The summed E-state index contributed by atoms with van der Waals surface area (Å²) < 4.78 is 28.7. The second-order valence-corrected chi connectivity index (χ2v) is 11.4. The number of rotatable bonds is 12. The lowest BCUT2D eigenvalue weighted by atomic mass is 9.99. The second-order valence-electron chi connectivity index (χ2n) is 9.08. The Morgan fingerprint density at radius 2 is 1.69 bits per heavy atom. The largest absolute Gasteiger partial charge is 0.352 e. The van der Waals surface area contributed by atoms with Crippen LogP contribution in [0.4, 0.5) is 5.69 Å². The first-order valence-electron chi connectivity index (χ1n) is 12.5. The molecule has 1 amide bonds. The third-order valence-electron chi connectivity index (χ3n) is 6.41. The van der Waals surface area contributed by atoms with Crippen molar-refractivity contribution in [3.8, 4) is 0 Å². The third kappa shape index (κ3) is 7.11. The summed E-state index contributed by atoms with van der Waals surface area (Å²) in [6.07, 6.45) is 4.46. The minimum absolute atomic E-state index is 0.106. The number of hydrogen-bond donors (Lipinski definition) is 1. The van der Waals surface area contributed by atoms with Gasteiger partial charge in [0.25, 0.3) is 15.9 Å². The highest BCUT2D eigenvalue weighted by molar-refractivity contribution is 7.92. The fourth-order valence-electron chi connectivity index (χ4n) is 4.08. The quantitative estimate of drug-likeness (QED) is 0.276. The van der Waals surface area contributed by atoms with Gasteiger partial charge in [-0.15, -0.1) is 0 Å². The van der Waals surface area contributed by atoms with Crippen molar-refractivity contribution in [1.82, 2.24) is 5.32 Å². The van der Waals surface area contributed by atoms with Crippen LogP contribution >= 0.6 is 11.6 Å². The number of carbonyl (C=O) groups is 1. The van der Waals surface area contributed by atoms with Gasteiger partial charge in [-0.3, -0.25) is 9.10 Å². The summed E-state index contributed by atoms with van der Waals surface area (Å²) >= 11 is 6.24. The lowest BCUT2D eigenvalue weighted by molar-refractivity contribution is 0.0946. The van der Waals surface area contributed by atoms with Crippen LogP contribution in [0.25, 0.3) is 0 Å². The number of nitrogens with zero attached hydrogens (tertiary/aromatic N) is 1. The van der Waals surface area contributed by atoms with Gasteiger partial charge in [-0.25, -0.2) is 8.42 Å². The molecule has 5 nitrogen and oxygen atoms in total. The molecular weight excluding hydrogens is 492 g/mol. The molecule has 0 aliphatic rings. The van der Waals surface area contributed by atoms with Crippen molar-refractivity contribution in [2.45, 2.75) is 57.9 Å². The molecule has 0 aliphatic heterocycles. The van der Waals surface area contributed by atoms with Crippen molar-refractivity contribution in [1.29, 1.82) is 0 Å². The van der Waals surface area contributed by atoms with Crippen LogP contribution in [-0.2, 0) is 16.6 Å². The van der Waals surface area contributed by atoms with E-state index in [1.165, 1.54) is 4.31 Å². The normalized spacial score (nSPS) is 12.2. The summed E-state index contributed by atoms with van der Waals surface area (Å²) in [5.41, 5.74) is 2.63. The van der Waals surface area contributed by atoms with Crippen LogP contribution in [-0.4, -0.2) is 20.9 Å². The minimum atomic E-state index is -3.85. The van der Waals surface area contributed by atoms with E-state index >= 15 is 0 Å². The monoisotopic (exact) mass is 526 g/mol. The van der Waals surface area contributed by atoms with Crippen molar-refractivity contribution >= 4 is 33.2 Å². The first-order chi connectivity index (χ1) is 17.3. The molecule has 3 aromatic carbocycles. The van der Waals surface area contributed by atoms with E-state index in [0.29, 0.717) is 28.7 Å². The first kappa shape index (κ1) is 27.8. The molecule has 36 heavy (non-hydrogen) atoms. The molecule has 192 valence electrons. The van der Waals surface area contributed by atoms with Gasteiger partial charge in [-0.2, -0.15) is 0 Å². The maximum Gasteiger partial charge on any atom is 0.264 e. The van der Waals surface area contributed by atoms with Gasteiger partial charge in [0, 0.05) is 17.1 Å². The Labute approximate surface area is 220 Å². The fraction of sp³-hybridized carbons (Fsp3) is 0.345. The first-order valence-corrected chi connectivity index (χ1v) is 14.3. The molecule has 0 saturated carbocycles. The van der Waals surface area contributed by atoms with E-state index in [-0.39, 0.29) is 17.3 Å². The Balaban J connectivity index is 1.82. The highest BCUT2D eigenvalue weighted by Gasteiger charge is 2.26. The van der Waals surface area contributed by atoms with Crippen molar-refractivity contribution in [3.05, 3.63) is 94.5 Å². The number of carbonyl (C=O) groups excluding carboxylic acids is 1. The van der Waals surface area contributed by atoms with Crippen molar-refractivity contribution in [2.75, 3.05) is 10.8 Å². The zero-order valence-electron chi connectivity index (χ0n) is 21.2. The highest BCUT2D eigenvalue weighted by Crippen LogP contribution is 2.31. The number of nitrogens with one attached hydrogen (secondary N) is 1. The molecule has 0 aliphatic carbocycles. The molecule has 0 radical (unpaired) electrons. The van der Waals surface area contributed by atoms with Gasteiger partial charge in [-0.1, -0.05) is 81.1 Å². The maximum absolute atomic E-state index is 13.6. The molecule has 1 atom stereocenters. The number of unbranched alkanes of at least 4 members (excludes halogenated alkanes) is 1. The molecule has 0 spiro atoms. The van der Waals surface area contributed by atoms with Gasteiger partial charge in [0.05, 0.1) is 17.1 Å². The third-order valence-corrected chi connectivity index (χ3v) is 8.42. The lowest BCUT2D eigenvalue weighted by Crippen LogP contribution is -2.31. The van der Waals surface area contributed by atoms with E-state index < -0.39 is 10.0 Å². The van der Waals surface area contributed by atoms with E-state index in [2.05, 4.69) is 19.2 Å². The fourth-order valence-corrected chi connectivity index (χ4v) is 5.78. The Kier molecular flexibility index (Phi) is 9.97. The predicted molar refractivity (Wildman–Crippen MR) is 148 cm³/mol. The number of aryl methyl sites for hydroxylation is 1. The molecule has 7 heteroatoms. The van der Waals surface area contributed by atoms with Gasteiger partial charge >= 0.3 is 0 Å². The van der Waals surface area contributed by atoms with Crippen molar-refractivity contribution < 1.29 is 13.2 Å². The van der Waals surface area contributed by atoms with Crippen LogP contribution in [0.15, 0.2) is 77.7 Å². The molecule has 0 unspecified atom stereocenters. The summed E-state index contributed by atoms with van der Waals surface area (Å²) in [5, 5.41) is 3.50. The minimum Gasteiger partial charge on any atom is -0.352 e. The summed E-state index contributed by atoms with van der Waals surface area (Å²) in [4.78, 5) is 12.9. The maximum atomic E-state index is 13.6. The average Bonchev–Trinajstić information content (AvgIpc) is 2.89. The zero-order valence-corrected chi connectivity index (χ0v) is 22.8. The molecule has 0 aromatic heterocycles. The van der Waals surface area contributed by atoms with Crippen molar-refractivity contribution in [3.63, 3.8) is 0 Å². The molecular formula is C29H35ClN2O3S. The number of hydrogen-bond acceptors (Lipinski definition) is 3. The van der Waals surface area contributed by atoms with Crippen LogP contribution in [0, 0.1) is 12.8 Å². The lowest BCUT2D eigenvalue weighted by Gasteiger charge is -2.26. The number of sulfonamides is 1. The SMILES string of the molecule is CCCC[C@H](CC)CNC(=O)c1ccc(CN(c2cc(Cl)ccc2C)S(=O)(=O)c2ccccc2)cc1. The summed E-state index contributed by atoms with van der Waals surface area (Å²) in [6.45, 7) is 6.95. The number of anilines is 1. The summed E-state index contributed by atoms with van der Waals surface area (Å²) in [6, 6.07) is 20.7. The molecule has 0 saturated heterocycles. The van der Waals surface area contributed by atoms with Gasteiger partial charge in [0.15, 0.2) is 0 Å². The average molecular weight is 527 g/mol. The van der Waals surface area contributed by atoms with E-state index in [1.54, 1.807) is 66.7 Å². The van der Waals surface area contributed by atoms with Gasteiger partial charge < -0.3 is 5.32 Å². The van der Waals surface area contributed by atoms with Gasteiger partial charge in [-0.05, 0) is 66.8 Å². The predicted octanol–water partition coefficient (Wildman–Crippen LogP) is 6.99. The van der Waals surface area contributed by atoms with E-state index in [0.717, 1.165) is 36.8 Å². The highest BCUT2D eigenvalue weighted by atomic mass is 35.5. The van der Waals surface area contributed by atoms with Crippen molar-refractivity contribution in [2.24, 2.45) is 5.92 Å².